The Kier molecular flexibility index (Phi) is 3.54. The molecular formula is C21H20ClN3OS. The normalized spacial score (nSPS) is 31.5. The molecule has 3 bridgehead atoms. The van der Waals surface area contributed by atoms with Gasteiger partial charge in [0.15, 0.2) is 0 Å². The summed E-state index contributed by atoms with van der Waals surface area (Å²) in [4.78, 5) is 4.72. The van der Waals surface area contributed by atoms with Crippen molar-refractivity contribution >= 4 is 22.9 Å². The zero-order valence-corrected chi connectivity index (χ0v) is 16.5. The summed E-state index contributed by atoms with van der Waals surface area (Å²) in [6.07, 6.45) is 7.88. The average Bonchev–Trinajstić information content (AvgIpc) is 3.36. The van der Waals surface area contributed by atoms with Crippen LogP contribution in [0, 0.1) is 17.8 Å². The van der Waals surface area contributed by atoms with E-state index in [1.807, 2.05) is 29.6 Å². The highest BCUT2D eigenvalue weighted by atomic mass is 35.5. The number of hydrogen-bond donors (Lipinski definition) is 0. The second-order valence-electron chi connectivity index (χ2n) is 8.50. The molecule has 2 heterocycles. The molecule has 4 nitrogen and oxygen atoms in total. The summed E-state index contributed by atoms with van der Waals surface area (Å²) in [5.41, 5.74) is 1.91. The van der Waals surface area contributed by atoms with Gasteiger partial charge in [-0.15, -0.1) is 21.5 Å². The van der Waals surface area contributed by atoms with E-state index in [2.05, 4.69) is 10.2 Å². The molecule has 4 unspecified atom stereocenters. The summed E-state index contributed by atoms with van der Waals surface area (Å²) < 4.78 is 6.25. The van der Waals surface area contributed by atoms with Crippen molar-refractivity contribution in [2.45, 2.75) is 43.9 Å². The summed E-state index contributed by atoms with van der Waals surface area (Å²) in [6.45, 7) is 0. The molecule has 0 radical (unpaired) electrons. The standard InChI is InChI=1S/C21H20ClN3OS/c22-16-3-1-2-14(9-16)19-23-17(11-27-19)18-24-25-20(26-18)21-5-4-12-6-13(10-21)8-15(21)7-12/h1-3,9,11-13,15H,4-8,10H2. The van der Waals surface area contributed by atoms with Crippen LogP contribution in [0.3, 0.4) is 0 Å². The van der Waals surface area contributed by atoms with Gasteiger partial charge in [-0.05, 0) is 68.4 Å². The Bertz CT molecular complexity index is 1010. The molecule has 6 rings (SSSR count). The zero-order chi connectivity index (χ0) is 18.0. The highest BCUT2D eigenvalue weighted by molar-refractivity contribution is 7.13. The fourth-order valence-corrected chi connectivity index (χ4v) is 6.87. The van der Waals surface area contributed by atoms with E-state index >= 15 is 0 Å². The van der Waals surface area contributed by atoms with E-state index in [-0.39, 0.29) is 5.41 Å². The Morgan fingerprint density at radius 2 is 2.07 bits per heavy atom. The molecule has 138 valence electrons. The van der Waals surface area contributed by atoms with E-state index < -0.39 is 0 Å². The van der Waals surface area contributed by atoms with Crippen LogP contribution in [0.1, 0.15) is 44.4 Å². The van der Waals surface area contributed by atoms with Crippen LogP contribution in [-0.4, -0.2) is 15.2 Å². The monoisotopic (exact) mass is 397 g/mol. The zero-order valence-electron chi connectivity index (χ0n) is 14.9. The Morgan fingerprint density at radius 3 is 3.00 bits per heavy atom. The molecule has 4 atom stereocenters. The second kappa shape index (κ2) is 5.89. The highest BCUT2D eigenvalue weighted by Crippen LogP contribution is 2.62. The number of fused-ring (bicyclic) bond motifs is 2. The molecule has 3 aliphatic rings. The lowest BCUT2D eigenvalue weighted by Gasteiger charge is -2.40. The molecule has 3 aliphatic carbocycles. The molecule has 27 heavy (non-hydrogen) atoms. The highest BCUT2D eigenvalue weighted by Gasteiger charge is 2.57. The third kappa shape index (κ3) is 2.51. The predicted octanol–water partition coefficient (Wildman–Crippen LogP) is 5.98. The van der Waals surface area contributed by atoms with E-state index in [1.54, 1.807) is 11.3 Å². The number of aromatic nitrogens is 3. The van der Waals surface area contributed by atoms with Crippen molar-refractivity contribution in [3.05, 3.63) is 40.6 Å². The molecule has 0 aliphatic heterocycles. The topological polar surface area (TPSA) is 51.8 Å². The van der Waals surface area contributed by atoms with E-state index in [1.165, 1.54) is 38.5 Å². The van der Waals surface area contributed by atoms with Gasteiger partial charge in [0, 0.05) is 16.0 Å². The van der Waals surface area contributed by atoms with Gasteiger partial charge in [-0.3, -0.25) is 0 Å². The minimum absolute atomic E-state index is 0.134. The van der Waals surface area contributed by atoms with Crippen molar-refractivity contribution in [3.63, 3.8) is 0 Å². The molecule has 0 amide bonds. The fraction of sp³-hybridized carbons (Fsp3) is 0.476. The molecule has 3 saturated carbocycles. The number of nitrogens with zero attached hydrogens (tertiary/aromatic N) is 3. The van der Waals surface area contributed by atoms with Crippen molar-refractivity contribution in [1.82, 2.24) is 15.2 Å². The summed E-state index contributed by atoms with van der Waals surface area (Å²) in [5.74, 6) is 3.95. The SMILES string of the molecule is Clc1cccc(-c2nc(-c3nnc(C45CCC6CC(CC4C6)C5)o3)cs2)c1. The first-order valence-corrected chi connectivity index (χ1v) is 11.0. The fourth-order valence-electron chi connectivity index (χ4n) is 5.89. The summed E-state index contributed by atoms with van der Waals surface area (Å²) in [5, 5.41) is 12.5. The van der Waals surface area contributed by atoms with Gasteiger partial charge < -0.3 is 4.42 Å². The van der Waals surface area contributed by atoms with Crippen LogP contribution in [0.2, 0.25) is 5.02 Å². The maximum Gasteiger partial charge on any atom is 0.267 e. The van der Waals surface area contributed by atoms with Crippen LogP contribution in [-0.2, 0) is 5.41 Å². The average molecular weight is 398 g/mol. The third-order valence-electron chi connectivity index (χ3n) is 6.98. The lowest BCUT2D eigenvalue weighted by molar-refractivity contribution is 0.129. The Hall–Kier alpha value is -1.72. The maximum atomic E-state index is 6.25. The smallest absolute Gasteiger partial charge is 0.267 e. The van der Waals surface area contributed by atoms with Crippen molar-refractivity contribution in [2.24, 2.45) is 17.8 Å². The van der Waals surface area contributed by atoms with Gasteiger partial charge in [0.25, 0.3) is 5.89 Å². The number of rotatable bonds is 3. The van der Waals surface area contributed by atoms with Crippen LogP contribution in [0.25, 0.3) is 22.2 Å². The summed E-state index contributed by atoms with van der Waals surface area (Å²) in [7, 11) is 0. The molecule has 2 aromatic heterocycles. The maximum absolute atomic E-state index is 6.25. The van der Waals surface area contributed by atoms with Crippen LogP contribution in [0.5, 0.6) is 0 Å². The van der Waals surface area contributed by atoms with E-state index in [9.17, 15) is 0 Å². The summed E-state index contributed by atoms with van der Waals surface area (Å²) >= 11 is 7.69. The van der Waals surface area contributed by atoms with Gasteiger partial charge in [0.2, 0.25) is 5.89 Å². The van der Waals surface area contributed by atoms with E-state index in [0.29, 0.717) is 10.9 Å². The molecule has 0 saturated heterocycles. The van der Waals surface area contributed by atoms with Gasteiger partial charge >= 0.3 is 0 Å². The van der Waals surface area contributed by atoms with Crippen molar-refractivity contribution < 1.29 is 4.42 Å². The van der Waals surface area contributed by atoms with Crippen LogP contribution >= 0.6 is 22.9 Å². The largest absolute Gasteiger partial charge is 0.419 e. The van der Waals surface area contributed by atoms with Gasteiger partial charge in [-0.1, -0.05) is 23.7 Å². The van der Waals surface area contributed by atoms with Gasteiger partial charge in [0.05, 0.1) is 5.41 Å². The number of hydrogen-bond acceptors (Lipinski definition) is 5. The molecule has 0 spiro atoms. The summed E-state index contributed by atoms with van der Waals surface area (Å²) in [6, 6.07) is 7.76. The van der Waals surface area contributed by atoms with Crippen LogP contribution in [0.4, 0.5) is 0 Å². The van der Waals surface area contributed by atoms with Crippen LogP contribution in [0.15, 0.2) is 34.1 Å². The minimum atomic E-state index is 0.134. The number of halogens is 1. The lowest BCUT2D eigenvalue weighted by atomic mass is 9.64. The molecule has 3 aromatic rings. The Labute approximate surface area is 167 Å². The molecule has 3 fully saturated rings. The molecule has 0 N–H and O–H groups in total. The van der Waals surface area contributed by atoms with Gasteiger partial charge in [0.1, 0.15) is 10.7 Å². The first kappa shape index (κ1) is 16.3. The third-order valence-corrected chi connectivity index (χ3v) is 8.11. The molecular weight excluding hydrogens is 378 g/mol. The Morgan fingerprint density at radius 1 is 1.15 bits per heavy atom. The number of benzene rings is 1. The Balaban J connectivity index is 1.33. The predicted molar refractivity (Wildman–Crippen MR) is 106 cm³/mol. The first-order valence-electron chi connectivity index (χ1n) is 9.75. The van der Waals surface area contributed by atoms with E-state index in [4.69, 9.17) is 21.0 Å². The minimum Gasteiger partial charge on any atom is -0.419 e. The van der Waals surface area contributed by atoms with Crippen molar-refractivity contribution in [3.8, 4) is 22.2 Å². The van der Waals surface area contributed by atoms with Crippen molar-refractivity contribution in [2.75, 3.05) is 0 Å². The lowest BCUT2D eigenvalue weighted by Crippen LogP contribution is -2.36. The van der Waals surface area contributed by atoms with Gasteiger partial charge in [-0.2, -0.15) is 0 Å². The van der Waals surface area contributed by atoms with Crippen molar-refractivity contribution in [1.29, 1.82) is 0 Å². The first-order chi connectivity index (χ1) is 13.2. The molecule has 6 heteroatoms. The number of thiazole rings is 1. The van der Waals surface area contributed by atoms with Crippen LogP contribution < -0.4 is 0 Å². The van der Waals surface area contributed by atoms with Gasteiger partial charge in [-0.25, -0.2) is 4.98 Å². The second-order valence-corrected chi connectivity index (χ2v) is 9.79. The molecule has 1 aromatic carbocycles. The van der Waals surface area contributed by atoms with E-state index in [0.717, 1.165) is 39.9 Å². The quantitative estimate of drug-likeness (QED) is 0.545.